The Morgan fingerprint density at radius 1 is 0.815 bits per heavy atom. The smallest absolute Gasteiger partial charge is 0.318 e. The minimum atomic E-state index is -1.18. The topological polar surface area (TPSA) is 36.9 Å². The number of hydrogen-bond donors (Lipinski definition) is 0. The van der Waals surface area contributed by atoms with Gasteiger partial charge in [0.1, 0.15) is 0 Å². The highest BCUT2D eigenvalue weighted by molar-refractivity contribution is 5.25. The predicted octanol–water partition coefficient (Wildman–Crippen LogP) is 5.80. The quantitative estimate of drug-likeness (QED) is 0.321. The van der Waals surface area contributed by atoms with Crippen LogP contribution in [-0.2, 0) is 24.5 Å². The first-order chi connectivity index (χ1) is 13.2. The van der Waals surface area contributed by atoms with Crippen molar-refractivity contribution < 1.29 is 18.9 Å². The van der Waals surface area contributed by atoms with Crippen LogP contribution >= 0.6 is 0 Å². The lowest BCUT2D eigenvalue weighted by Crippen LogP contribution is -2.61. The van der Waals surface area contributed by atoms with E-state index in [1.165, 1.54) is 0 Å². The maximum Gasteiger partial charge on any atom is 0.318 e. The lowest BCUT2D eigenvalue weighted by atomic mass is 9.84. The molecule has 0 spiro atoms. The summed E-state index contributed by atoms with van der Waals surface area (Å²) in [5.41, 5.74) is 0.345. The molecule has 1 aromatic carbocycles. The highest BCUT2D eigenvalue weighted by Gasteiger charge is 2.59. The maximum absolute atomic E-state index is 6.60. The van der Waals surface area contributed by atoms with E-state index in [-0.39, 0.29) is 0 Å². The Balaban J connectivity index is 2.40. The Labute approximate surface area is 165 Å². The first-order valence-corrected chi connectivity index (χ1v) is 10.9. The third kappa shape index (κ3) is 5.54. The average Bonchev–Trinajstić information content (AvgIpc) is 2.71. The van der Waals surface area contributed by atoms with Gasteiger partial charge in [0.25, 0.3) is 0 Å². The molecule has 4 heteroatoms. The number of hydrogen-bond acceptors (Lipinski definition) is 4. The second kappa shape index (κ2) is 11.8. The molecule has 2 rings (SSSR count). The third-order valence-corrected chi connectivity index (χ3v) is 5.13. The first kappa shape index (κ1) is 22.4. The largest absolute Gasteiger partial charge is 0.362 e. The van der Waals surface area contributed by atoms with Gasteiger partial charge in [0.2, 0.25) is 0 Å². The molecule has 0 bridgehead atoms. The van der Waals surface area contributed by atoms with E-state index in [1.807, 2.05) is 6.07 Å². The fraction of sp³-hybridized carbons (Fsp3) is 0.739. The van der Waals surface area contributed by atoms with E-state index < -0.39 is 11.6 Å². The molecule has 1 heterocycles. The van der Waals surface area contributed by atoms with E-state index in [0.717, 1.165) is 56.9 Å². The van der Waals surface area contributed by atoms with E-state index in [4.69, 9.17) is 18.9 Å². The van der Waals surface area contributed by atoms with Crippen molar-refractivity contribution in [3.8, 4) is 0 Å². The molecule has 0 aliphatic carbocycles. The van der Waals surface area contributed by atoms with Crippen molar-refractivity contribution in [2.75, 3.05) is 26.4 Å². The van der Waals surface area contributed by atoms with Crippen LogP contribution in [0.3, 0.4) is 0 Å². The molecule has 0 N–H and O–H groups in total. The normalized spacial score (nSPS) is 22.0. The van der Waals surface area contributed by atoms with Crippen LogP contribution < -0.4 is 0 Å². The predicted molar refractivity (Wildman–Crippen MR) is 109 cm³/mol. The van der Waals surface area contributed by atoms with Crippen LogP contribution in [0.2, 0.25) is 0 Å². The molecule has 1 saturated heterocycles. The van der Waals surface area contributed by atoms with Crippen molar-refractivity contribution in [3.63, 3.8) is 0 Å². The van der Waals surface area contributed by atoms with Crippen LogP contribution in [0.4, 0.5) is 0 Å². The SMILES string of the molecule is CCCCOC1(OCCCC)OCCCC1(OCCCC)c1ccccc1. The minimum absolute atomic E-state index is 0.606. The van der Waals surface area contributed by atoms with Gasteiger partial charge >= 0.3 is 5.97 Å². The molecule has 1 aliphatic rings. The van der Waals surface area contributed by atoms with Gasteiger partial charge in [0.15, 0.2) is 5.60 Å². The molecule has 1 fully saturated rings. The molecule has 154 valence electrons. The standard InChI is InChI=1S/C23H38O4/c1-4-7-17-24-22(21-14-11-10-12-15-21)16-13-20-27-23(22,25-18-8-5-2)26-19-9-6-3/h10-12,14-15H,4-9,13,16-20H2,1-3H3. The van der Waals surface area contributed by atoms with Gasteiger partial charge in [-0.1, -0.05) is 70.4 Å². The molecule has 1 atom stereocenters. The zero-order valence-electron chi connectivity index (χ0n) is 17.5. The number of rotatable bonds is 13. The highest BCUT2D eigenvalue weighted by Crippen LogP contribution is 2.48. The summed E-state index contributed by atoms with van der Waals surface area (Å²) in [4.78, 5) is 0. The monoisotopic (exact) mass is 378 g/mol. The van der Waals surface area contributed by atoms with Crippen LogP contribution in [0.15, 0.2) is 30.3 Å². The van der Waals surface area contributed by atoms with E-state index >= 15 is 0 Å². The zero-order chi connectivity index (χ0) is 19.4. The number of ether oxygens (including phenoxy) is 4. The Hall–Kier alpha value is -0.940. The summed E-state index contributed by atoms with van der Waals surface area (Å²) in [7, 11) is 0. The van der Waals surface area contributed by atoms with Gasteiger partial charge in [-0.05, 0) is 37.7 Å². The Morgan fingerprint density at radius 3 is 1.93 bits per heavy atom. The molecule has 0 aromatic heterocycles. The van der Waals surface area contributed by atoms with Crippen molar-refractivity contribution in [1.82, 2.24) is 0 Å². The molecule has 27 heavy (non-hydrogen) atoms. The van der Waals surface area contributed by atoms with Crippen molar-refractivity contribution in [1.29, 1.82) is 0 Å². The molecule has 1 aromatic rings. The minimum Gasteiger partial charge on any atom is -0.362 e. The van der Waals surface area contributed by atoms with Crippen LogP contribution in [-0.4, -0.2) is 32.4 Å². The zero-order valence-corrected chi connectivity index (χ0v) is 17.5. The average molecular weight is 379 g/mol. The van der Waals surface area contributed by atoms with Gasteiger partial charge in [-0.15, -0.1) is 0 Å². The molecule has 0 saturated carbocycles. The lowest BCUT2D eigenvalue weighted by Gasteiger charge is -2.51. The molecule has 4 nitrogen and oxygen atoms in total. The van der Waals surface area contributed by atoms with Crippen molar-refractivity contribution in [2.45, 2.75) is 83.7 Å². The summed E-state index contributed by atoms with van der Waals surface area (Å²) < 4.78 is 25.7. The molecular formula is C23H38O4. The second-order valence-corrected chi connectivity index (χ2v) is 7.31. The lowest BCUT2D eigenvalue weighted by molar-refractivity contribution is -0.466. The van der Waals surface area contributed by atoms with Crippen molar-refractivity contribution in [2.24, 2.45) is 0 Å². The maximum atomic E-state index is 6.60. The molecule has 1 aliphatic heterocycles. The van der Waals surface area contributed by atoms with Gasteiger partial charge in [-0.25, -0.2) is 0 Å². The van der Waals surface area contributed by atoms with Gasteiger partial charge in [0, 0.05) is 6.61 Å². The van der Waals surface area contributed by atoms with Crippen LogP contribution in [0, 0.1) is 0 Å². The third-order valence-electron chi connectivity index (χ3n) is 5.13. The Morgan fingerprint density at radius 2 is 1.37 bits per heavy atom. The molecule has 0 amide bonds. The summed E-state index contributed by atoms with van der Waals surface area (Å²) in [5.74, 6) is -1.18. The molecule has 0 radical (unpaired) electrons. The van der Waals surface area contributed by atoms with Crippen LogP contribution in [0.1, 0.15) is 77.7 Å². The Bertz CT molecular complexity index is 494. The fourth-order valence-electron chi connectivity index (χ4n) is 3.52. The first-order valence-electron chi connectivity index (χ1n) is 10.9. The summed E-state index contributed by atoms with van der Waals surface area (Å²) in [6, 6.07) is 10.4. The number of benzene rings is 1. The van der Waals surface area contributed by atoms with E-state index in [0.29, 0.717) is 26.4 Å². The summed E-state index contributed by atoms with van der Waals surface area (Å²) in [5, 5.41) is 0. The molecule has 1 unspecified atom stereocenters. The Kier molecular flexibility index (Phi) is 9.77. The van der Waals surface area contributed by atoms with Gasteiger partial charge in [0.05, 0.1) is 19.8 Å². The number of unbranched alkanes of at least 4 members (excludes halogenated alkanes) is 3. The van der Waals surface area contributed by atoms with Gasteiger partial charge in [-0.2, -0.15) is 0 Å². The van der Waals surface area contributed by atoms with Crippen LogP contribution in [0.25, 0.3) is 0 Å². The van der Waals surface area contributed by atoms with E-state index in [9.17, 15) is 0 Å². The van der Waals surface area contributed by atoms with Crippen molar-refractivity contribution >= 4 is 0 Å². The van der Waals surface area contributed by atoms with Crippen LogP contribution in [0.5, 0.6) is 0 Å². The van der Waals surface area contributed by atoms with Gasteiger partial charge in [-0.3, -0.25) is 0 Å². The summed E-state index contributed by atoms with van der Waals surface area (Å²) in [6.45, 7) is 9.02. The van der Waals surface area contributed by atoms with Crippen molar-refractivity contribution in [3.05, 3.63) is 35.9 Å². The summed E-state index contributed by atoms with van der Waals surface area (Å²) >= 11 is 0. The van der Waals surface area contributed by atoms with Gasteiger partial charge < -0.3 is 18.9 Å². The highest BCUT2D eigenvalue weighted by atomic mass is 16.9. The van der Waals surface area contributed by atoms with E-state index in [2.05, 4.69) is 45.0 Å². The molecular weight excluding hydrogens is 340 g/mol. The summed E-state index contributed by atoms with van der Waals surface area (Å²) in [6.07, 6.45) is 7.95. The fourth-order valence-corrected chi connectivity index (χ4v) is 3.52. The second-order valence-electron chi connectivity index (χ2n) is 7.31. The van der Waals surface area contributed by atoms with E-state index in [1.54, 1.807) is 0 Å².